The Morgan fingerprint density at radius 2 is 1.60 bits per heavy atom. The van der Waals surface area contributed by atoms with Crippen molar-refractivity contribution in [3.8, 4) is 11.5 Å². The second-order valence-corrected chi connectivity index (χ2v) is 12.3. The standard InChI is InChI=1S/C35H38N2O6S2/c1-3-5-19-36(20-6-4-2)34(41)32(27-15-11-8-12-16-27)43-29-21-26(17-18-28(29)42-24-25-13-9-7-10-14-25)22-30-33(40)37(23-31(38)39)35(44)45-30/h7-18,21-22,32H,3-6,19-20,23-24H2,1-2H3,(H,38,39). The molecular weight excluding hydrogens is 609 g/mol. The van der Waals surface area contributed by atoms with Crippen LogP contribution >= 0.6 is 24.0 Å². The second-order valence-electron chi connectivity index (χ2n) is 10.6. The molecule has 1 fully saturated rings. The van der Waals surface area contributed by atoms with Gasteiger partial charge >= 0.3 is 5.97 Å². The predicted octanol–water partition coefficient (Wildman–Crippen LogP) is 7.10. The van der Waals surface area contributed by atoms with Crippen molar-refractivity contribution in [3.05, 3.63) is 100 Å². The van der Waals surface area contributed by atoms with Crippen molar-refractivity contribution >= 4 is 52.2 Å². The molecule has 0 radical (unpaired) electrons. The number of rotatable bonds is 16. The highest BCUT2D eigenvalue weighted by Crippen LogP contribution is 2.37. The number of carboxylic acid groups (broad SMARTS) is 1. The number of hydrogen-bond donors (Lipinski definition) is 1. The van der Waals surface area contributed by atoms with Gasteiger partial charge in [0.05, 0.1) is 4.91 Å². The Morgan fingerprint density at radius 1 is 0.956 bits per heavy atom. The number of unbranched alkanes of at least 4 members (excludes halogenated alkanes) is 2. The Bertz CT molecular complexity index is 1510. The van der Waals surface area contributed by atoms with Crippen molar-refractivity contribution in [1.82, 2.24) is 9.80 Å². The summed E-state index contributed by atoms with van der Waals surface area (Å²) in [6, 6.07) is 24.4. The highest BCUT2D eigenvalue weighted by atomic mass is 32.2. The molecule has 1 saturated heterocycles. The topological polar surface area (TPSA) is 96.4 Å². The number of carboxylic acids is 1. The molecule has 4 rings (SSSR count). The molecule has 0 aliphatic carbocycles. The average molecular weight is 647 g/mol. The summed E-state index contributed by atoms with van der Waals surface area (Å²) in [6.45, 7) is 5.26. The molecular formula is C35H38N2O6S2. The summed E-state index contributed by atoms with van der Waals surface area (Å²) in [7, 11) is 0. The molecule has 0 bridgehead atoms. The van der Waals surface area contributed by atoms with Gasteiger partial charge in [-0.3, -0.25) is 19.3 Å². The van der Waals surface area contributed by atoms with E-state index in [1.165, 1.54) is 0 Å². The molecule has 1 aliphatic heterocycles. The highest BCUT2D eigenvalue weighted by molar-refractivity contribution is 8.26. The molecule has 0 aromatic heterocycles. The van der Waals surface area contributed by atoms with Gasteiger partial charge in [0.25, 0.3) is 11.8 Å². The molecule has 236 valence electrons. The zero-order valence-electron chi connectivity index (χ0n) is 25.5. The molecule has 10 heteroatoms. The Balaban J connectivity index is 1.72. The summed E-state index contributed by atoms with van der Waals surface area (Å²) in [5.41, 5.74) is 2.30. The van der Waals surface area contributed by atoms with Crippen molar-refractivity contribution in [2.24, 2.45) is 0 Å². The average Bonchev–Trinajstić information content (AvgIpc) is 3.30. The quantitative estimate of drug-likeness (QED) is 0.130. The number of aliphatic carboxylic acids is 1. The first kappa shape index (κ1) is 33.7. The summed E-state index contributed by atoms with van der Waals surface area (Å²) >= 11 is 6.30. The fourth-order valence-corrected chi connectivity index (χ4v) is 5.95. The van der Waals surface area contributed by atoms with E-state index in [1.807, 2.05) is 65.6 Å². The minimum Gasteiger partial charge on any atom is -0.485 e. The molecule has 1 heterocycles. The third kappa shape index (κ3) is 9.42. The first-order valence-corrected chi connectivity index (χ1v) is 16.3. The van der Waals surface area contributed by atoms with Gasteiger partial charge in [0.15, 0.2) is 11.5 Å². The Kier molecular flexibility index (Phi) is 12.6. The van der Waals surface area contributed by atoms with E-state index in [-0.39, 0.29) is 16.8 Å². The number of amides is 2. The first-order valence-electron chi connectivity index (χ1n) is 15.1. The third-order valence-electron chi connectivity index (χ3n) is 7.12. The summed E-state index contributed by atoms with van der Waals surface area (Å²) in [4.78, 5) is 41.6. The van der Waals surface area contributed by atoms with Gasteiger partial charge in [-0.2, -0.15) is 0 Å². The van der Waals surface area contributed by atoms with Gasteiger partial charge in [-0.15, -0.1) is 0 Å². The zero-order chi connectivity index (χ0) is 32.2. The molecule has 0 saturated carbocycles. The molecule has 1 N–H and O–H groups in total. The number of thioether (sulfide) groups is 1. The lowest BCUT2D eigenvalue weighted by Crippen LogP contribution is -2.38. The van der Waals surface area contributed by atoms with Crippen LogP contribution in [0.2, 0.25) is 0 Å². The zero-order valence-corrected chi connectivity index (χ0v) is 27.1. The number of carbonyl (C=O) groups is 3. The molecule has 1 unspecified atom stereocenters. The van der Waals surface area contributed by atoms with Crippen LogP contribution in [0.3, 0.4) is 0 Å². The summed E-state index contributed by atoms with van der Waals surface area (Å²) < 4.78 is 13.0. The third-order valence-corrected chi connectivity index (χ3v) is 8.49. The second kappa shape index (κ2) is 16.8. The van der Waals surface area contributed by atoms with Gasteiger partial charge in [0, 0.05) is 18.7 Å². The predicted molar refractivity (Wildman–Crippen MR) is 181 cm³/mol. The summed E-state index contributed by atoms with van der Waals surface area (Å²) in [5.74, 6) is -0.964. The number of ether oxygens (including phenoxy) is 2. The van der Waals surface area contributed by atoms with Crippen LogP contribution in [0.4, 0.5) is 0 Å². The van der Waals surface area contributed by atoms with Crippen molar-refractivity contribution in [3.63, 3.8) is 0 Å². The van der Waals surface area contributed by atoms with E-state index in [0.29, 0.717) is 35.1 Å². The lowest BCUT2D eigenvalue weighted by Gasteiger charge is -2.28. The van der Waals surface area contributed by atoms with Crippen LogP contribution in [0.5, 0.6) is 11.5 Å². The fraction of sp³-hybridized carbons (Fsp3) is 0.314. The molecule has 0 spiro atoms. The first-order chi connectivity index (χ1) is 21.8. The molecule has 8 nitrogen and oxygen atoms in total. The van der Waals surface area contributed by atoms with Crippen molar-refractivity contribution in [2.45, 2.75) is 52.2 Å². The van der Waals surface area contributed by atoms with E-state index in [4.69, 9.17) is 21.7 Å². The van der Waals surface area contributed by atoms with E-state index < -0.39 is 24.5 Å². The van der Waals surface area contributed by atoms with Gasteiger partial charge in [-0.25, -0.2) is 0 Å². The van der Waals surface area contributed by atoms with Gasteiger partial charge < -0.3 is 19.5 Å². The maximum atomic E-state index is 14.1. The molecule has 3 aromatic rings. The van der Waals surface area contributed by atoms with Crippen LogP contribution in [0.1, 0.15) is 62.3 Å². The lowest BCUT2D eigenvalue weighted by molar-refractivity contribution is -0.140. The van der Waals surface area contributed by atoms with Crippen LogP contribution in [-0.4, -0.2) is 56.6 Å². The SMILES string of the molecule is CCCCN(CCCC)C(=O)C(Oc1cc(C=C2SC(=S)N(CC(=O)O)C2=O)ccc1OCc1ccccc1)c1ccccc1. The molecule has 1 aliphatic rings. The van der Waals surface area contributed by atoms with E-state index in [2.05, 4.69) is 13.8 Å². The Labute approximate surface area is 274 Å². The summed E-state index contributed by atoms with van der Waals surface area (Å²) in [5, 5.41) is 9.20. The highest BCUT2D eigenvalue weighted by Gasteiger charge is 2.34. The van der Waals surface area contributed by atoms with Gasteiger partial charge in [-0.05, 0) is 42.2 Å². The number of thiocarbonyl (C=S) groups is 1. The van der Waals surface area contributed by atoms with Crippen LogP contribution in [0, 0.1) is 0 Å². The lowest BCUT2D eigenvalue weighted by atomic mass is 10.1. The molecule has 3 aromatic carbocycles. The van der Waals surface area contributed by atoms with Crippen molar-refractivity contribution in [1.29, 1.82) is 0 Å². The minimum absolute atomic E-state index is 0.128. The normalized spacial score (nSPS) is 14.4. The van der Waals surface area contributed by atoms with E-state index in [9.17, 15) is 19.5 Å². The van der Waals surface area contributed by atoms with Crippen molar-refractivity contribution < 1.29 is 29.0 Å². The monoisotopic (exact) mass is 646 g/mol. The molecule has 2 amide bonds. The Hall–Kier alpha value is -4.15. The number of hydrogen-bond acceptors (Lipinski definition) is 7. The maximum absolute atomic E-state index is 14.1. The smallest absolute Gasteiger partial charge is 0.323 e. The number of carbonyl (C=O) groups excluding carboxylic acids is 2. The van der Waals surface area contributed by atoms with Crippen LogP contribution in [-0.2, 0) is 21.0 Å². The Morgan fingerprint density at radius 3 is 2.22 bits per heavy atom. The van der Waals surface area contributed by atoms with Crippen LogP contribution < -0.4 is 9.47 Å². The van der Waals surface area contributed by atoms with Gasteiger partial charge in [0.2, 0.25) is 6.10 Å². The van der Waals surface area contributed by atoms with Gasteiger partial charge in [-0.1, -0.05) is 117 Å². The van der Waals surface area contributed by atoms with E-state index in [0.717, 1.165) is 53.5 Å². The number of benzene rings is 3. The van der Waals surface area contributed by atoms with Crippen LogP contribution in [0.25, 0.3) is 6.08 Å². The largest absolute Gasteiger partial charge is 0.485 e. The minimum atomic E-state index is -1.15. The molecule has 1 atom stereocenters. The maximum Gasteiger partial charge on any atom is 0.323 e. The van der Waals surface area contributed by atoms with Crippen molar-refractivity contribution in [2.75, 3.05) is 19.6 Å². The van der Waals surface area contributed by atoms with Gasteiger partial charge in [0.1, 0.15) is 17.5 Å². The fourth-order valence-electron chi connectivity index (χ4n) is 4.70. The van der Waals surface area contributed by atoms with E-state index in [1.54, 1.807) is 24.3 Å². The molecule has 45 heavy (non-hydrogen) atoms. The van der Waals surface area contributed by atoms with Crippen LogP contribution in [0.15, 0.2) is 83.8 Å². The van der Waals surface area contributed by atoms with E-state index >= 15 is 0 Å². The summed E-state index contributed by atoms with van der Waals surface area (Å²) in [6.07, 6.45) is 4.41. The number of nitrogens with zero attached hydrogens (tertiary/aromatic N) is 2.